The molecule has 2 N–H and O–H groups in total. The normalized spacial score (nSPS) is 16.5. The van der Waals surface area contributed by atoms with Crippen LogP contribution in [0.15, 0.2) is 100 Å². The molecule has 4 unspecified atom stereocenters. The minimum atomic E-state index is -5.17. The average molecular weight is 1230 g/mol. The Labute approximate surface area is 450 Å². The Balaban J connectivity index is 0.000000244. The first-order chi connectivity index (χ1) is 34.5. The number of ketones is 2. The van der Waals surface area contributed by atoms with Gasteiger partial charge in [-0.05, 0) is 98.2 Å². The van der Waals surface area contributed by atoms with Crippen molar-refractivity contribution >= 4 is 84.2 Å². The van der Waals surface area contributed by atoms with E-state index in [0.717, 1.165) is 46.6 Å². The molecule has 0 fully saturated rings. The Hall–Kier alpha value is -4.67. The van der Waals surface area contributed by atoms with Gasteiger partial charge in [-0.25, -0.2) is 0 Å². The van der Waals surface area contributed by atoms with Crippen molar-refractivity contribution in [3.8, 4) is 0 Å². The van der Waals surface area contributed by atoms with E-state index in [2.05, 4.69) is 109 Å². The molecule has 73 heavy (non-hydrogen) atoms. The van der Waals surface area contributed by atoms with Crippen LogP contribution in [0.25, 0.3) is 5.57 Å². The topological polar surface area (TPSA) is 154 Å². The predicted octanol–water partition coefficient (Wildman–Crippen LogP) is 13.2. The Morgan fingerprint density at radius 3 is 1.32 bits per heavy atom. The summed E-state index contributed by atoms with van der Waals surface area (Å²) in [5.41, 5.74) is 10.5. The quantitative estimate of drug-likeness (QED) is 0.0764. The fourth-order valence-corrected chi connectivity index (χ4v) is 22.6. The summed E-state index contributed by atoms with van der Waals surface area (Å²) < 4.78 is 17.0. The monoisotopic (exact) mass is 1230 g/mol. The molecule has 0 saturated heterocycles. The molecule has 0 bridgehead atoms. The number of rotatable bonds is 17. The summed E-state index contributed by atoms with van der Waals surface area (Å²) in [4.78, 5) is 62.3. The Kier molecular flexibility index (Phi) is 24.1. The number of carbonyl (C=O) groups is 5. The van der Waals surface area contributed by atoms with Crippen LogP contribution in [0.3, 0.4) is 0 Å². The van der Waals surface area contributed by atoms with Gasteiger partial charge in [0.2, 0.25) is 0 Å². The van der Waals surface area contributed by atoms with E-state index in [1.165, 1.54) is 64.5 Å². The van der Waals surface area contributed by atoms with Gasteiger partial charge in [-0.15, -0.1) is 23.5 Å². The van der Waals surface area contributed by atoms with E-state index in [-0.39, 0.29) is 34.9 Å². The van der Waals surface area contributed by atoms with E-state index < -0.39 is 40.4 Å². The second-order valence-corrected chi connectivity index (χ2v) is 30.4. The number of aliphatic hydroxyl groups is 2. The van der Waals surface area contributed by atoms with Gasteiger partial charge in [-0.3, -0.25) is 9.59 Å². The maximum atomic E-state index is 13.2. The molecule has 394 valence electrons. The minimum Gasteiger partial charge on any atom is -0.512 e. The first-order valence-electron chi connectivity index (χ1n) is 25.6. The molecule has 2 aliphatic carbocycles. The Bertz CT molecular complexity index is 2540. The van der Waals surface area contributed by atoms with Crippen molar-refractivity contribution in [2.45, 2.75) is 151 Å². The van der Waals surface area contributed by atoms with Crippen molar-refractivity contribution in [3.63, 3.8) is 0 Å². The van der Waals surface area contributed by atoms with Crippen molar-refractivity contribution in [2.24, 2.45) is 23.7 Å². The summed E-state index contributed by atoms with van der Waals surface area (Å²) in [5.74, 6) is 1.97. The van der Waals surface area contributed by atoms with Crippen molar-refractivity contribution in [1.82, 2.24) is 0 Å². The Morgan fingerprint density at radius 1 is 0.575 bits per heavy atom. The average Bonchev–Trinajstić information content (AvgIpc) is 3.32. The summed E-state index contributed by atoms with van der Waals surface area (Å²) in [6.07, 6.45) is 6.69. The van der Waals surface area contributed by atoms with Gasteiger partial charge in [-0.1, -0.05) is 80.8 Å². The van der Waals surface area contributed by atoms with Gasteiger partial charge in [-0.2, -0.15) is 0 Å². The van der Waals surface area contributed by atoms with Gasteiger partial charge < -0.3 is 10.2 Å². The van der Waals surface area contributed by atoms with Crippen molar-refractivity contribution in [1.29, 1.82) is 0 Å². The molecular weight excluding hydrogens is 1150 g/mol. The maximum Gasteiger partial charge on any atom is 0.167 e. The smallest absolute Gasteiger partial charge is 0.167 e. The third-order valence-corrected chi connectivity index (χ3v) is 27.2. The number of hydrogen-bond acceptors (Lipinski definition) is 12. The van der Waals surface area contributed by atoms with Crippen molar-refractivity contribution in [3.05, 3.63) is 140 Å². The number of thioether (sulfide) groups is 2. The molecule has 0 radical (unpaired) electrons. The molecule has 0 amide bonds. The number of aliphatic hydroxyl groups excluding tert-OH is 2. The van der Waals surface area contributed by atoms with E-state index in [0.29, 0.717) is 59.1 Å². The number of carbonyl (C=O) groups excluding carboxylic acids is 5. The van der Waals surface area contributed by atoms with Crippen LogP contribution < -0.4 is 3.12 Å². The van der Waals surface area contributed by atoms with Crippen LogP contribution in [0.5, 0.6) is 0 Å². The van der Waals surface area contributed by atoms with Crippen LogP contribution in [0.1, 0.15) is 138 Å². The summed E-state index contributed by atoms with van der Waals surface area (Å²) in [6.45, 7) is 24.4. The molecule has 6 rings (SSSR count). The fraction of sp³-hybridized carbons (Fsp3) is 0.450. The number of Topliss-reactive ketones (excluding diaryl/α,β-unsaturated/α-hetero) is 1. The largest absolute Gasteiger partial charge is 0.512 e. The second-order valence-electron chi connectivity index (χ2n) is 19.6. The number of benzene rings is 4. The first kappa shape index (κ1) is 60.9. The van der Waals surface area contributed by atoms with Crippen LogP contribution in [-0.2, 0) is 57.7 Å². The second kappa shape index (κ2) is 28.9. The number of hydrogen-bond donors (Lipinski definition) is 2. The number of allylic oxidation sites excluding steroid dienone is 4. The molecule has 4 atom stereocenters. The van der Waals surface area contributed by atoms with Crippen LogP contribution in [-0.4, -0.2) is 73.7 Å². The van der Waals surface area contributed by atoms with Crippen LogP contribution in [0.2, 0.25) is 0 Å². The molecule has 0 aliphatic heterocycles. The van der Waals surface area contributed by atoms with Crippen molar-refractivity contribution in [2.75, 3.05) is 11.5 Å². The van der Waals surface area contributed by atoms with Crippen molar-refractivity contribution < 1.29 is 42.2 Å². The fourth-order valence-electron chi connectivity index (χ4n) is 9.41. The Morgan fingerprint density at radius 2 is 0.959 bits per heavy atom. The van der Waals surface area contributed by atoms with E-state index in [1.807, 2.05) is 56.4 Å². The molecule has 0 heterocycles. The maximum absolute atomic E-state index is 13.2. The van der Waals surface area contributed by atoms with E-state index in [9.17, 15) is 34.2 Å². The molecule has 13 heteroatoms. The number of aryl methyl sites for hydroxylation is 8. The molecule has 0 aromatic heterocycles. The first-order valence-corrected chi connectivity index (χ1v) is 34.3. The zero-order chi connectivity index (χ0) is 54.2. The van der Waals surface area contributed by atoms with E-state index >= 15 is 0 Å². The van der Waals surface area contributed by atoms with E-state index in [4.69, 9.17) is 8.06 Å². The van der Waals surface area contributed by atoms with Gasteiger partial charge in [0.15, 0.2) is 11.6 Å². The van der Waals surface area contributed by atoms with Gasteiger partial charge in [0.25, 0.3) is 0 Å². The zero-order valence-electron chi connectivity index (χ0n) is 45.4. The minimum absolute atomic E-state index is 0.0564. The summed E-state index contributed by atoms with van der Waals surface area (Å²) in [5, 5.41) is 20.5. The molecule has 0 saturated carbocycles. The summed E-state index contributed by atoms with van der Waals surface area (Å²) >= 11 is -1.52. The van der Waals surface area contributed by atoms with Gasteiger partial charge >= 0.3 is 149 Å². The third kappa shape index (κ3) is 18.0. The van der Waals surface area contributed by atoms with Crippen LogP contribution in [0.4, 0.5) is 0 Å². The van der Waals surface area contributed by atoms with Crippen LogP contribution >= 0.6 is 23.5 Å². The third-order valence-electron chi connectivity index (χ3n) is 13.2. The SMILES string of the molecule is CCc1cc(C)cc(CC)[c]1[Pb]([O]C(C)=O)([O]C(C)=O)[O]C(C)=O.CCc1cc(C)cc(CC)c1C1=C(O)CC(C(C)CSc2ccc(C)cc2)CC1=O.Cc1ccc(SCC(C)C2CC(=O)C=C(O)C2)cc1. The molecule has 4 aromatic rings. The molecule has 4 aromatic carbocycles. The van der Waals surface area contributed by atoms with E-state index in [1.54, 1.807) is 0 Å². The zero-order valence-corrected chi connectivity index (χ0v) is 50.9. The molecule has 2 aliphatic rings. The van der Waals surface area contributed by atoms with Gasteiger partial charge in [0.1, 0.15) is 5.76 Å². The summed E-state index contributed by atoms with van der Waals surface area (Å²) in [6, 6.07) is 25.3. The van der Waals surface area contributed by atoms with Gasteiger partial charge in [0, 0.05) is 53.1 Å². The standard InChI is InChI=1S/C27H34O2S.C16H20O2S.C11H15.3C2H4O2.Pb/c1-6-20-12-18(4)13-21(7-2)26(20)27-24(28)14-22(15-25(27)29)19(5)16-30-23-10-8-17(3)9-11-23;1-11-3-5-16(6-4-11)19-10-12(2)13-7-14(17)9-15(18)8-13;1-4-10-6-9(3)7-11(5-2)8-10;3*1-2(3)4;/h8-13,19,22,28H,6-7,14-16H2,1-5H3;3-6,9,12-13,17H,7-8,10H2,1-2H3;6-7H,4-5H2,1-3H3;3*1H3,(H,3,4);/q;;;;;;+3/p-3. The molecular formula is C60H78O10PbS2. The molecule has 10 nitrogen and oxygen atoms in total. The molecule has 0 spiro atoms. The van der Waals surface area contributed by atoms with Crippen LogP contribution in [0, 0.1) is 51.4 Å². The van der Waals surface area contributed by atoms with Gasteiger partial charge in [0.05, 0.1) is 11.3 Å². The predicted molar refractivity (Wildman–Crippen MR) is 298 cm³/mol. The summed E-state index contributed by atoms with van der Waals surface area (Å²) in [7, 11) is 0.